The average Bonchev–Trinajstić information content (AvgIpc) is 3.76. The molecule has 0 spiro atoms. The van der Waals surface area contributed by atoms with Crippen LogP contribution in [0.15, 0.2) is 70.3 Å². The largest absolute Gasteiger partial charge is 0.363 e. The molecule has 382 valence electrons. The number of ether oxygens (including phenoxy) is 2. The summed E-state index contributed by atoms with van der Waals surface area (Å²) in [6, 6.07) is 10.7. The van der Waals surface area contributed by atoms with Gasteiger partial charge in [-0.25, -0.2) is 8.78 Å². The number of carbonyl (C=O) groups is 4. The first-order valence-corrected chi connectivity index (χ1v) is 24.0. The Balaban J connectivity index is 1.13. The number of amides is 4. The van der Waals surface area contributed by atoms with E-state index in [0.717, 1.165) is 0 Å². The van der Waals surface area contributed by atoms with Gasteiger partial charge >= 0.3 is 0 Å². The van der Waals surface area contributed by atoms with Crippen molar-refractivity contribution in [3.63, 3.8) is 0 Å². The summed E-state index contributed by atoms with van der Waals surface area (Å²) in [4.78, 5) is 90.8. The number of nitrogens with one attached hydrogen (secondary N) is 4. The number of hydrogen-bond donors (Lipinski definition) is 6. The van der Waals surface area contributed by atoms with Crippen molar-refractivity contribution in [2.45, 2.75) is 128 Å². The third kappa shape index (κ3) is 12.7. The first-order chi connectivity index (χ1) is 34.0. The molecule has 0 fully saturated rings. The van der Waals surface area contributed by atoms with Gasteiger partial charge in [0.2, 0.25) is 11.8 Å². The van der Waals surface area contributed by atoms with Crippen molar-refractivity contribution in [1.82, 2.24) is 20.6 Å². The summed E-state index contributed by atoms with van der Waals surface area (Å²) in [7, 11) is 0. The van der Waals surface area contributed by atoms with Crippen LogP contribution in [-0.4, -0.2) is 96.3 Å². The topological polar surface area (TPSA) is 235 Å². The van der Waals surface area contributed by atoms with E-state index in [9.17, 15) is 37.5 Å². The van der Waals surface area contributed by atoms with E-state index >= 15 is 0 Å². The Labute approximate surface area is 418 Å². The van der Waals surface area contributed by atoms with Gasteiger partial charge in [0.05, 0.1) is 35.7 Å². The quantitative estimate of drug-likeness (QED) is 0.0791. The lowest BCUT2D eigenvalue weighted by atomic mass is 9.91. The van der Waals surface area contributed by atoms with Crippen molar-refractivity contribution < 1.29 is 37.4 Å². The van der Waals surface area contributed by atoms with Crippen LogP contribution in [0.25, 0.3) is 0 Å². The summed E-state index contributed by atoms with van der Waals surface area (Å²) >= 11 is 0. The molecule has 6 atom stereocenters. The van der Waals surface area contributed by atoms with Gasteiger partial charge in [0.1, 0.15) is 36.9 Å². The van der Waals surface area contributed by atoms with E-state index in [1.165, 1.54) is 34.1 Å². The number of halogens is 2. The Bertz CT molecular complexity index is 2720. The molecule has 18 heteroatoms. The van der Waals surface area contributed by atoms with Crippen molar-refractivity contribution in [2.75, 3.05) is 36.1 Å². The van der Waals surface area contributed by atoms with Gasteiger partial charge in [-0.15, -0.1) is 0 Å². The predicted molar refractivity (Wildman–Crippen MR) is 270 cm³/mol. The van der Waals surface area contributed by atoms with E-state index in [-0.39, 0.29) is 50.3 Å². The summed E-state index contributed by atoms with van der Waals surface area (Å²) in [5, 5.41) is 5.53. The van der Waals surface area contributed by atoms with Crippen LogP contribution in [0.4, 0.5) is 20.2 Å². The molecule has 8 N–H and O–H groups in total. The lowest BCUT2D eigenvalue weighted by Gasteiger charge is -2.30. The van der Waals surface area contributed by atoms with E-state index < -0.39 is 82.5 Å². The number of aromatic amines is 2. The molecule has 4 aromatic rings. The highest BCUT2D eigenvalue weighted by Crippen LogP contribution is 2.41. The number of fused-ring (bicyclic) bond motifs is 2. The van der Waals surface area contributed by atoms with E-state index in [1.807, 2.05) is 27.7 Å². The highest BCUT2D eigenvalue weighted by atomic mass is 19.1. The Morgan fingerprint density at radius 2 is 1.00 bits per heavy atom. The number of anilines is 2. The second kappa shape index (κ2) is 23.1. The monoisotopic (exact) mass is 990 g/mol. The Morgan fingerprint density at radius 1 is 0.653 bits per heavy atom. The Morgan fingerprint density at radius 3 is 1.33 bits per heavy atom. The molecule has 2 aromatic heterocycles. The van der Waals surface area contributed by atoms with E-state index in [2.05, 4.69) is 44.3 Å². The van der Waals surface area contributed by atoms with Gasteiger partial charge in [0.15, 0.2) is 0 Å². The van der Waals surface area contributed by atoms with E-state index in [4.69, 9.17) is 20.9 Å². The van der Waals surface area contributed by atoms with Crippen molar-refractivity contribution in [2.24, 2.45) is 11.5 Å². The molecule has 2 aromatic carbocycles. The van der Waals surface area contributed by atoms with Crippen LogP contribution in [0, 0.1) is 35.3 Å². The number of aromatic nitrogens is 2. The number of carbonyl (C=O) groups excluding carboxylic acids is 4. The van der Waals surface area contributed by atoms with Crippen LogP contribution < -0.4 is 43.0 Å². The van der Waals surface area contributed by atoms with Crippen LogP contribution in [0.5, 0.6) is 0 Å². The second-order valence-electron chi connectivity index (χ2n) is 19.6. The van der Waals surface area contributed by atoms with Crippen molar-refractivity contribution in [3.05, 3.63) is 127 Å². The molecule has 2 aliphatic rings. The highest BCUT2D eigenvalue weighted by molar-refractivity contribution is 6.03. The number of hydrogen-bond acceptors (Lipinski definition) is 10. The molecule has 6 rings (SSSR count). The standard InChI is InChI=1S/C54H64F2N8O8/c1-9-39(57)49(67)59-43(51(69)63-29-53(5,6)45-41(63)27-35(47(65)61-45)25-33-15-19-37(55)20-16-33)31(3)71-23-13-11-12-14-24-72-32(4)44(60-50(68)40(58)10-2)52(70)64-30-54(7,8)46-42(64)28-36(48(66)62-46)26-34-17-21-38(56)22-18-34/h15-22,27-28,31-32,39-40,43-44H,9-10,23-26,29-30,57-58H2,1-8H3,(H,59,67)(H,60,68)(H,61,65)(H,62,66)/t31-,32-,39+,40+,43+,44+/m1/s1. The lowest BCUT2D eigenvalue weighted by Crippen LogP contribution is -2.57. The van der Waals surface area contributed by atoms with E-state index in [0.29, 0.717) is 57.9 Å². The van der Waals surface area contributed by atoms with Crippen molar-refractivity contribution >= 4 is 35.0 Å². The Hall–Kier alpha value is -6.96. The van der Waals surface area contributed by atoms with Crippen LogP contribution in [-0.2, 0) is 52.3 Å². The van der Waals surface area contributed by atoms with Crippen LogP contribution >= 0.6 is 0 Å². The zero-order valence-electron chi connectivity index (χ0n) is 42.0. The average molecular weight is 991 g/mol. The zero-order chi connectivity index (χ0) is 52.7. The third-order valence-corrected chi connectivity index (χ3v) is 13.1. The summed E-state index contributed by atoms with van der Waals surface area (Å²) < 4.78 is 39.2. The van der Waals surface area contributed by atoms with Crippen molar-refractivity contribution in [1.29, 1.82) is 0 Å². The molecule has 72 heavy (non-hydrogen) atoms. The molecule has 2 aliphatic heterocycles. The maximum absolute atomic E-state index is 14.5. The summed E-state index contributed by atoms with van der Waals surface area (Å²) in [5.41, 5.74) is 14.3. The lowest BCUT2D eigenvalue weighted by molar-refractivity contribution is -0.131. The number of nitrogens with zero attached hydrogens (tertiary/aromatic N) is 2. The molecule has 16 nitrogen and oxygen atoms in total. The van der Waals surface area contributed by atoms with Crippen LogP contribution in [0.1, 0.15) is 102 Å². The van der Waals surface area contributed by atoms with E-state index in [1.54, 1.807) is 64.1 Å². The molecule has 0 radical (unpaired) electrons. The zero-order valence-corrected chi connectivity index (χ0v) is 42.0. The fraction of sp³-hybridized carbons (Fsp3) is 0.444. The second-order valence-corrected chi connectivity index (χ2v) is 19.6. The number of benzene rings is 2. The summed E-state index contributed by atoms with van der Waals surface area (Å²) in [5.74, 6) is 8.05. The minimum absolute atomic E-state index is 0.186. The smallest absolute Gasteiger partial charge is 0.252 e. The summed E-state index contributed by atoms with van der Waals surface area (Å²) in [6.45, 7) is 14.3. The SMILES string of the molecule is CC[C@H](N)C(=O)N[C@H](C(=O)N1CC(C)(C)c2[nH]c(=O)c(Cc3ccc(F)cc3)cc21)[C@@H](C)OCC#CC#CCO[C@H](C)[C@H](NC(=O)[C@@H](N)CC)C(=O)N1CC(C)(C)c2[nH]c(=O)c(Cc3ccc(F)cc3)cc21. The minimum atomic E-state index is -1.21. The maximum Gasteiger partial charge on any atom is 0.252 e. The third-order valence-electron chi connectivity index (χ3n) is 13.1. The molecule has 0 saturated carbocycles. The van der Waals surface area contributed by atoms with Gasteiger partial charge < -0.3 is 51.3 Å². The number of nitrogens with two attached hydrogens (primary N) is 2. The molecule has 0 saturated heterocycles. The Kier molecular flexibility index (Phi) is 17.4. The molecule has 4 amide bonds. The molecular formula is C54H64F2N8O8. The molecule has 4 heterocycles. The van der Waals surface area contributed by atoms with Gasteiger partial charge in [-0.05, 0) is 86.1 Å². The molecule has 0 unspecified atom stereocenters. The first-order valence-electron chi connectivity index (χ1n) is 24.0. The fourth-order valence-electron chi connectivity index (χ4n) is 8.68. The van der Waals surface area contributed by atoms with Crippen LogP contribution in [0.3, 0.4) is 0 Å². The van der Waals surface area contributed by atoms with Crippen LogP contribution in [0.2, 0.25) is 0 Å². The number of H-pyrrole nitrogens is 2. The predicted octanol–water partition coefficient (Wildman–Crippen LogP) is 3.73. The fourth-order valence-corrected chi connectivity index (χ4v) is 8.68. The normalized spacial score (nSPS) is 16.6. The number of pyridine rings is 2. The van der Waals surface area contributed by atoms with Gasteiger partial charge in [0.25, 0.3) is 22.9 Å². The number of rotatable bonds is 18. The van der Waals surface area contributed by atoms with Gasteiger partial charge in [-0.1, -0.05) is 77.6 Å². The minimum Gasteiger partial charge on any atom is -0.363 e. The maximum atomic E-state index is 14.5. The molecular weight excluding hydrogens is 927 g/mol. The van der Waals surface area contributed by atoms with Gasteiger partial charge in [-0.2, -0.15) is 0 Å². The van der Waals surface area contributed by atoms with Gasteiger partial charge in [0, 0.05) is 59.3 Å². The highest BCUT2D eigenvalue weighted by Gasteiger charge is 2.45. The van der Waals surface area contributed by atoms with Gasteiger partial charge in [-0.3, -0.25) is 28.8 Å². The van der Waals surface area contributed by atoms with Crippen molar-refractivity contribution in [3.8, 4) is 23.7 Å². The summed E-state index contributed by atoms with van der Waals surface area (Å²) in [6.07, 6.45) is -0.807. The molecule has 0 bridgehead atoms. The molecule has 0 aliphatic carbocycles. The first kappa shape index (κ1) is 54.4.